The fourth-order valence-electron chi connectivity index (χ4n) is 2.56. The smallest absolute Gasteiger partial charge is 0.276 e. The maximum Gasteiger partial charge on any atom is 0.276 e. The average molecular weight is 290 g/mol. The van der Waals surface area contributed by atoms with Crippen molar-refractivity contribution in [1.29, 1.82) is 0 Å². The molecule has 2 aliphatic heterocycles. The molecule has 1 aromatic carbocycles. The molecule has 0 spiro atoms. The third-order valence-electron chi connectivity index (χ3n) is 3.60. The lowest BCUT2D eigenvalue weighted by Gasteiger charge is -2.30. The van der Waals surface area contributed by atoms with E-state index in [0.29, 0.717) is 4.90 Å². The van der Waals surface area contributed by atoms with Crippen molar-refractivity contribution < 1.29 is 29.5 Å². The van der Waals surface area contributed by atoms with Crippen LogP contribution in [0.4, 0.5) is 0 Å². The molecule has 21 heavy (non-hydrogen) atoms. The van der Waals surface area contributed by atoms with Gasteiger partial charge in [-0.3, -0.25) is 29.3 Å². The predicted octanol–water partition coefficient (Wildman–Crippen LogP) is -0.105. The van der Waals surface area contributed by atoms with Gasteiger partial charge in [-0.1, -0.05) is 6.07 Å². The molecule has 1 saturated heterocycles. The lowest BCUT2D eigenvalue weighted by Crippen LogP contribution is -2.55. The zero-order chi connectivity index (χ0) is 15.3. The van der Waals surface area contributed by atoms with Crippen LogP contribution in [0.1, 0.15) is 33.6 Å². The van der Waals surface area contributed by atoms with E-state index in [1.54, 1.807) is 0 Å². The molecule has 3 rings (SSSR count). The summed E-state index contributed by atoms with van der Waals surface area (Å²) in [5.74, 6) is -3.70. The highest BCUT2D eigenvalue weighted by atomic mass is 16.5. The van der Waals surface area contributed by atoms with Crippen LogP contribution >= 0.6 is 0 Å². The molecule has 2 heterocycles. The van der Waals surface area contributed by atoms with E-state index in [-0.39, 0.29) is 34.8 Å². The molecular weight excluding hydrogens is 280 g/mol. The van der Waals surface area contributed by atoms with E-state index < -0.39 is 29.7 Å². The van der Waals surface area contributed by atoms with Gasteiger partial charge in [0.25, 0.3) is 23.6 Å². The van der Waals surface area contributed by atoms with Gasteiger partial charge in [-0.15, -0.1) is 0 Å². The number of carbonyl (C=O) groups excluding carboxylic acids is 4. The minimum atomic E-state index is -1.25. The molecule has 1 atom stereocenters. The number of amides is 4. The van der Waals surface area contributed by atoms with E-state index in [2.05, 4.69) is 0 Å². The van der Waals surface area contributed by atoms with Crippen LogP contribution in [0.25, 0.3) is 0 Å². The van der Waals surface area contributed by atoms with Crippen molar-refractivity contribution in [1.82, 2.24) is 9.96 Å². The fraction of sp³-hybridized carbons (Fsp3) is 0.231. The third kappa shape index (κ3) is 1.73. The molecule has 1 aromatic rings. The monoisotopic (exact) mass is 290 g/mol. The van der Waals surface area contributed by atoms with Crippen LogP contribution in [0.2, 0.25) is 0 Å². The summed E-state index contributed by atoms with van der Waals surface area (Å²) >= 11 is 0. The summed E-state index contributed by atoms with van der Waals surface area (Å²) in [6.07, 6.45) is -0.215. The van der Waals surface area contributed by atoms with E-state index in [0.717, 1.165) is 0 Å². The van der Waals surface area contributed by atoms with Crippen molar-refractivity contribution in [3.05, 3.63) is 29.3 Å². The molecule has 0 aromatic heterocycles. The number of hydroxylamine groups is 2. The molecule has 1 unspecified atom stereocenters. The number of phenolic OH excluding ortho intramolecular Hbond substituents is 1. The van der Waals surface area contributed by atoms with Crippen LogP contribution in [0, 0.1) is 0 Å². The van der Waals surface area contributed by atoms with Crippen molar-refractivity contribution in [3.63, 3.8) is 0 Å². The molecule has 1 fully saturated rings. The third-order valence-corrected chi connectivity index (χ3v) is 3.60. The highest BCUT2D eigenvalue weighted by Gasteiger charge is 2.47. The van der Waals surface area contributed by atoms with Crippen molar-refractivity contribution >= 4 is 23.6 Å². The Morgan fingerprint density at radius 1 is 1.10 bits per heavy atom. The molecule has 2 aliphatic rings. The number of aromatic hydroxyl groups is 1. The maximum atomic E-state index is 12.3. The summed E-state index contributed by atoms with van der Waals surface area (Å²) < 4.78 is 0. The minimum absolute atomic E-state index is 0.00538. The number of hydrogen-bond acceptors (Lipinski definition) is 6. The van der Waals surface area contributed by atoms with Crippen LogP contribution in [-0.4, -0.2) is 49.9 Å². The quantitative estimate of drug-likeness (QED) is 0.551. The van der Waals surface area contributed by atoms with Gasteiger partial charge in [0, 0.05) is 6.42 Å². The Morgan fingerprint density at radius 3 is 2.48 bits per heavy atom. The van der Waals surface area contributed by atoms with Crippen LogP contribution in [0.5, 0.6) is 5.75 Å². The number of piperidine rings is 1. The SMILES string of the molecule is O=C1CCC(N2C(=O)c3cccc(O)c3C2=O)C(=O)N1O. The molecule has 0 radical (unpaired) electrons. The Balaban J connectivity index is 2.01. The van der Waals surface area contributed by atoms with E-state index >= 15 is 0 Å². The van der Waals surface area contributed by atoms with Gasteiger partial charge < -0.3 is 5.11 Å². The number of fused-ring (bicyclic) bond motifs is 1. The normalized spacial score (nSPS) is 22.0. The molecule has 0 bridgehead atoms. The number of benzene rings is 1. The lowest BCUT2D eigenvalue weighted by atomic mass is 10.0. The van der Waals surface area contributed by atoms with Crippen LogP contribution < -0.4 is 0 Å². The van der Waals surface area contributed by atoms with Crippen LogP contribution in [0.15, 0.2) is 18.2 Å². The summed E-state index contributed by atoms with van der Waals surface area (Å²) in [4.78, 5) is 48.3. The zero-order valence-electron chi connectivity index (χ0n) is 10.6. The first kappa shape index (κ1) is 13.3. The van der Waals surface area contributed by atoms with Crippen molar-refractivity contribution in [3.8, 4) is 5.75 Å². The summed E-state index contributed by atoms with van der Waals surface area (Å²) in [5.41, 5.74) is -0.175. The number of hydrogen-bond donors (Lipinski definition) is 2. The average Bonchev–Trinajstić information content (AvgIpc) is 2.71. The number of rotatable bonds is 1. The second-order valence-electron chi connectivity index (χ2n) is 4.78. The molecule has 4 amide bonds. The first-order valence-electron chi connectivity index (χ1n) is 6.19. The second kappa shape index (κ2) is 4.38. The Hall–Kier alpha value is -2.74. The van der Waals surface area contributed by atoms with Crippen molar-refractivity contribution in [2.75, 3.05) is 0 Å². The Bertz CT molecular complexity index is 698. The van der Waals surface area contributed by atoms with Gasteiger partial charge in [0.2, 0.25) is 0 Å². The molecule has 0 saturated carbocycles. The van der Waals surface area contributed by atoms with Gasteiger partial charge >= 0.3 is 0 Å². The van der Waals surface area contributed by atoms with Crippen LogP contribution in [0.3, 0.4) is 0 Å². The summed E-state index contributed by atoms with van der Waals surface area (Å²) in [7, 11) is 0. The number of carbonyl (C=O) groups is 4. The number of phenols is 1. The van der Waals surface area contributed by atoms with E-state index in [9.17, 15) is 29.5 Å². The highest BCUT2D eigenvalue weighted by molar-refractivity contribution is 6.24. The predicted molar refractivity (Wildman–Crippen MR) is 65.3 cm³/mol. The van der Waals surface area contributed by atoms with Gasteiger partial charge in [-0.2, -0.15) is 5.06 Å². The van der Waals surface area contributed by atoms with Gasteiger partial charge in [-0.05, 0) is 18.6 Å². The second-order valence-corrected chi connectivity index (χ2v) is 4.78. The number of nitrogens with zero attached hydrogens (tertiary/aromatic N) is 2. The van der Waals surface area contributed by atoms with Gasteiger partial charge in [0.1, 0.15) is 11.8 Å². The summed E-state index contributed by atoms with van der Waals surface area (Å²) in [6.45, 7) is 0. The first-order chi connectivity index (χ1) is 9.93. The summed E-state index contributed by atoms with van der Waals surface area (Å²) in [6, 6.07) is 2.79. The van der Waals surface area contributed by atoms with Gasteiger partial charge in [0.05, 0.1) is 11.1 Å². The molecule has 8 nitrogen and oxygen atoms in total. The molecule has 108 valence electrons. The van der Waals surface area contributed by atoms with Crippen LogP contribution in [-0.2, 0) is 9.59 Å². The molecule has 8 heteroatoms. The maximum absolute atomic E-state index is 12.3. The Labute approximate surface area is 118 Å². The molecule has 2 N–H and O–H groups in total. The van der Waals surface area contributed by atoms with E-state index in [4.69, 9.17) is 0 Å². The first-order valence-corrected chi connectivity index (χ1v) is 6.19. The summed E-state index contributed by atoms with van der Waals surface area (Å²) in [5, 5.41) is 19.0. The van der Waals surface area contributed by atoms with Crippen molar-refractivity contribution in [2.45, 2.75) is 18.9 Å². The number of imide groups is 2. The zero-order valence-corrected chi connectivity index (χ0v) is 10.6. The lowest BCUT2D eigenvalue weighted by molar-refractivity contribution is -0.186. The minimum Gasteiger partial charge on any atom is -0.507 e. The standard InChI is InChI=1S/C13H10N2O6/c16-8-3-1-2-6-10(8)13(20)14(11(6)18)7-4-5-9(17)15(21)12(7)19/h1-3,7,16,21H,4-5H2. The fourth-order valence-corrected chi connectivity index (χ4v) is 2.56. The highest BCUT2D eigenvalue weighted by Crippen LogP contribution is 2.33. The Morgan fingerprint density at radius 2 is 1.81 bits per heavy atom. The van der Waals surface area contributed by atoms with Gasteiger partial charge in [0.15, 0.2) is 0 Å². The van der Waals surface area contributed by atoms with E-state index in [1.807, 2.05) is 0 Å². The molecular formula is C13H10N2O6. The largest absolute Gasteiger partial charge is 0.507 e. The van der Waals surface area contributed by atoms with E-state index in [1.165, 1.54) is 18.2 Å². The topological polar surface area (TPSA) is 115 Å². The van der Waals surface area contributed by atoms with Crippen molar-refractivity contribution in [2.24, 2.45) is 0 Å². The molecule has 0 aliphatic carbocycles. The Kier molecular flexibility index (Phi) is 2.77. The van der Waals surface area contributed by atoms with Gasteiger partial charge in [-0.25, -0.2) is 0 Å².